The average molecular weight is 286 g/mol. The molecule has 4 nitrogen and oxygen atoms in total. The van der Waals surface area contributed by atoms with Gasteiger partial charge in [-0.1, -0.05) is 0 Å². The minimum absolute atomic E-state index is 0.383. The predicted octanol–water partition coefficient (Wildman–Crippen LogP) is 3.30. The molecule has 0 amide bonds. The van der Waals surface area contributed by atoms with Gasteiger partial charge in [0.1, 0.15) is 5.75 Å². The van der Waals surface area contributed by atoms with Crippen LogP contribution in [0.1, 0.15) is 24.0 Å². The zero-order chi connectivity index (χ0) is 14.8. The summed E-state index contributed by atoms with van der Waals surface area (Å²) in [6, 6.07) is 4.02. The standard InChI is InChI=1S/C17H22N2O2/c1-12-7-15(8-13(2)17(12)20)16-9-18-19(11-16)10-14-3-5-21-6-4-14/h7-9,11,14,20H,3-6,10H2,1-2H3. The van der Waals surface area contributed by atoms with Crippen LogP contribution < -0.4 is 0 Å². The molecule has 21 heavy (non-hydrogen) atoms. The third-order valence-electron chi connectivity index (χ3n) is 4.24. The maximum atomic E-state index is 9.87. The smallest absolute Gasteiger partial charge is 0.121 e. The molecule has 0 radical (unpaired) electrons. The highest BCUT2D eigenvalue weighted by Gasteiger charge is 2.15. The second-order valence-corrected chi connectivity index (χ2v) is 5.97. The summed E-state index contributed by atoms with van der Waals surface area (Å²) in [6.45, 7) is 6.56. The third kappa shape index (κ3) is 3.10. The number of aromatic hydroxyl groups is 1. The first-order valence-electron chi connectivity index (χ1n) is 7.54. The number of phenols is 1. The molecule has 112 valence electrons. The van der Waals surface area contributed by atoms with Crippen LogP contribution in [0.15, 0.2) is 24.5 Å². The highest BCUT2D eigenvalue weighted by atomic mass is 16.5. The third-order valence-corrected chi connectivity index (χ3v) is 4.24. The van der Waals surface area contributed by atoms with Crippen LogP contribution in [0.4, 0.5) is 0 Å². The lowest BCUT2D eigenvalue weighted by atomic mass is 10.0. The lowest BCUT2D eigenvalue weighted by Crippen LogP contribution is -2.20. The maximum absolute atomic E-state index is 9.87. The first-order chi connectivity index (χ1) is 10.1. The van der Waals surface area contributed by atoms with E-state index in [9.17, 15) is 5.11 Å². The van der Waals surface area contributed by atoms with Crippen LogP contribution in [0.2, 0.25) is 0 Å². The molecule has 0 bridgehead atoms. The Morgan fingerprint density at radius 1 is 1.19 bits per heavy atom. The summed E-state index contributed by atoms with van der Waals surface area (Å²) in [7, 11) is 0. The van der Waals surface area contributed by atoms with Crippen molar-refractivity contribution in [1.29, 1.82) is 0 Å². The van der Waals surface area contributed by atoms with Crippen molar-refractivity contribution in [2.45, 2.75) is 33.2 Å². The van der Waals surface area contributed by atoms with Gasteiger partial charge in [0.25, 0.3) is 0 Å². The topological polar surface area (TPSA) is 47.3 Å². The van der Waals surface area contributed by atoms with Crippen LogP contribution >= 0.6 is 0 Å². The van der Waals surface area contributed by atoms with E-state index in [1.807, 2.05) is 36.9 Å². The van der Waals surface area contributed by atoms with Gasteiger partial charge in [0.15, 0.2) is 0 Å². The quantitative estimate of drug-likeness (QED) is 0.941. The Hall–Kier alpha value is -1.81. The normalized spacial score (nSPS) is 16.3. The molecule has 1 aliphatic rings. The van der Waals surface area contributed by atoms with E-state index >= 15 is 0 Å². The summed E-state index contributed by atoms with van der Waals surface area (Å²) in [5.74, 6) is 1.04. The lowest BCUT2D eigenvalue weighted by Gasteiger charge is -2.21. The summed E-state index contributed by atoms with van der Waals surface area (Å²) >= 11 is 0. The van der Waals surface area contributed by atoms with Gasteiger partial charge in [-0.2, -0.15) is 5.10 Å². The molecule has 0 atom stereocenters. The fourth-order valence-electron chi connectivity index (χ4n) is 2.93. The van der Waals surface area contributed by atoms with Gasteiger partial charge < -0.3 is 9.84 Å². The highest BCUT2D eigenvalue weighted by molar-refractivity contribution is 5.65. The van der Waals surface area contributed by atoms with Crippen molar-refractivity contribution >= 4 is 0 Å². The molecular formula is C17H22N2O2. The van der Waals surface area contributed by atoms with Gasteiger partial charge in [0, 0.05) is 31.5 Å². The molecule has 3 rings (SSSR count). The molecule has 1 saturated heterocycles. The molecule has 1 N–H and O–H groups in total. The Bertz CT molecular complexity index is 604. The maximum Gasteiger partial charge on any atom is 0.121 e. The minimum atomic E-state index is 0.383. The Morgan fingerprint density at radius 2 is 1.86 bits per heavy atom. The zero-order valence-electron chi connectivity index (χ0n) is 12.7. The van der Waals surface area contributed by atoms with E-state index in [1.54, 1.807) is 0 Å². The van der Waals surface area contributed by atoms with Crippen LogP contribution in [-0.4, -0.2) is 28.1 Å². The van der Waals surface area contributed by atoms with Gasteiger partial charge >= 0.3 is 0 Å². The lowest BCUT2D eigenvalue weighted by molar-refractivity contribution is 0.0601. The van der Waals surface area contributed by atoms with Crippen molar-refractivity contribution in [1.82, 2.24) is 9.78 Å². The second kappa shape index (κ2) is 5.90. The number of ether oxygens (including phenoxy) is 1. The Kier molecular flexibility index (Phi) is 3.97. The van der Waals surface area contributed by atoms with Crippen molar-refractivity contribution in [2.24, 2.45) is 5.92 Å². The molecule has 0 saturated carbocycles. The first kappa shape index (κ1) is 14.1. The van der Waals surface area contributed by atoms with Crippen molar-refractivity contribution in [3.63, 3.8) is 0 Å². The largest absolute Gasteiger partial charge is 0.507 e. The molecule has 0 unspecified atom stereocenters. The predicted molar refractivity (Wildman–Crippen MR) is 82.3 cm³/mol. The molecule has 2 aromatic rings. The van der Waals surface area contributed by atoms with Crippen molar-refractivity contribution in [2.75, 3.05) is 13.2 Å². The fraction of sp³-hybridized carbons (Fsp3) is 0.471. The summed E-state index contributed by atoms with van der Waals surface area (Å²) in [5, 5.41) is 14.3. The number of rotatable bonds is 3. The number of nitrogens with zero attached hydrogens (tertiary/aromatic N) is 2. The van der Waals surface area contributed by atoms with Gasteiger partial charge in [0.2, 0.25) is 0 Å². The molecule has 0 aliphatic carbocycles. The number of aryl methyl sites for hydroxylation is 2. The van der Waals surface area contributed by atoms with Crippen LogP contribution in [0.5, 0.6) is 5.75 Å². The van der Waals surface area contributed by atoms with Crippen molar-refractivity contribution in [3.05, 3.63) is 35.7 Å². The van der Waals surface area contributed by atoms with Gasteiger partial charge in [-0.25, -0.2) is 0 Å². The van der Waals surface area contributed by atoms with E-state index in [0.717, 1.165) is 54.9 Å². The van der Waals surface area contributed by atoms with Gasteiger partial charge in [-0.15, -0.1) is 0 Å². The van der Waals surface area contributed by atoms with Crippen LogP contribution in [0.3, 0.4) is 0 Å². The van der Waals surface area contributed by atoms with Crippen LogP contribution in [0.25, 0.3) is 11.1 Å². The molecule has 1 fully saturated rings. The summed E-state index contributed by atoms with van der Waals surface area (Å²) in [4.78, 5) is 0. The Labute approximate surface area is 125 Å². The van der Waals surface area contributed by atoms with Crippen molar-refractivity contribution < 1.29 is 9.84 Å². The number of benzene rings is 1. The molecule has 1 aromatic heterocycles. The van der Waals surface area contributed by atoms with E-state index in [1.165, 1.54) is 0 Å². The van der Waals surface area contributed by atoms with Gasteiger partial charge in [-0.05, 0) is 61.4 Å². The van der Waals surface area contributed by atoms with Crippen LogP contribution in [0, 0.1) is 19.8 Å². The second-order valence-electron chi connectivity index (χ2n) is 5.97. The Morgan fingerprint density at radius 3 is 2.52 bits per heavy atom. The number of phenolic OH excluding ortho intramolecular Hbond substituents is 1. The molecule has 1 aliphatic heterocycles. The molecular weight excluding hydrogens is 264 g/mol. The number of hydrogen-bond donors (Lipinski definition) is 1. The highest BCUT2D eigenvalue weighted by Crippen LogP contribution is 2.29. The van der Waals surface area contributed by atoms with E-state index < -0.39 is 0 Å². The summed E-state index contributed by atoms with van der Waals surface area (Å²) in [5.41, 5.74) is 4.03. The summed E-state index contributed by atoms with van der Waals surface area (Å²) < 4.78 is 7.43. The fourth-order valence-corrected chi connectivity index (χ4v) is 2.93. The van der Waals surface area contributed by atoms with Crippen molar-refractivity contribution in [3.8, 4) is 16.9 Å². The van der Waals surface area contributed by atoms with E-state index in [4.69, 9.17) is 4.74 Å². The Balaban J connectivity index is 1.78. The minimum Gasteiger partial charge on any atom is -0.507 e. The number of aromatic nitrogens is 2. The number of hydrogen-bond acceptors (Lipinski definition) is 3. The molecule has 2 heterocycles. The van der Waals surface area contributed by atoms with E-state index in [0.29, 0.717) is 11.7 Å². The monoisotopic (exact) mass is 286 g/mol. The molecule has 1 aromatic carbocycles. The van der Waals surface area contributed by atoms with E-state index in [-0.39, 0.29) is 0 Å². The first-order valence-corrected chi connectivity index (χ1v) is 7.54. The molecule has 0 spiro atoms. The summed E-state index contributed by atoms with van der Waals surface area (Å²) in [6.07, 6.45) is 6.24. The average Bonchev–Trinajstić information content (AvgIpc) is 2.94. The van der Waals surface area contributed by atoms with Crippen LogP contribution in [-0.2, 0) is 11.3 Å². The molecule has 4 heteroatoms. The van der Waals surface area contributed by atoms with Gasteiger partial charge in [0.05, 0.1) is 6.20 Å². The van der Waals surface area contributed by atoms with Gasteiger partial charge in [-0.3, -0.25) is 4.68 Å². The SMILES string of the molecule is Cc1cc(-c2cnn(CC3CCOCC3)c2)cc(C)c1O. The zero-order valence-corrected chi connectivity index (χ0v) is 12.7. The van der Waals surface area contributed by atoms with E-state index in [2.05, 4.69) is 11.3 Å².